The van der Waals surface area contributed by atoms with Crippen molar-refractivity contribution in [1.29, 1.82) is 0 Å². The first kappa shape index (κ1) is 17.0. The molecule has 0 unspecified atom stereocenters. The molecule has 2 fully saturated rings. The Morgan fingerprint density at radius 1 is 1.16 bits per heavy atom. The highest BCUT2D eigenvalue weighted by Gasteiger charge is 2.39. The van der Waals surface area contributed by atoms with Gasteiger partial charge in [0.15, 0.2) is 0 Å². The van der Waals surface area contributed by atoms with Crippen LogP contribution in [-0.2, 0) is 28.8 Å². The van der Waals surface area contributed by atoms with E-state index < -0.39 is 5.60 Å². The number of amides is 1. The highest BCUT2D eigenvalue weighted by Crippen LogP contribution is 2.26. The summed E-state index contributed by atoms with van der Waals surface area (Å²) < 4.78 is 5.37. The molecule has 1 atom stereocenters. The number of aryl methyl sites for hydroxylation is 2. The van der Waals surface area contributed by atoms with E-state index >= 15 is 0 Å². The second kappa shape index (κ2) is 7.06. The third-order valence-electron chi connectivity index (χ3n) is 5.82. The number of hydrogen-bond donors (Lipinski definition) is 1. The summed E-state index contributed by atoms with van der Waals surface area (Å²) in [7, 11) is 0. The molecule has 0 radical (unpaired) electrons. The third kappa shape index (κ3) is 3.89. The number of β-amino-alcohol motifs (C(OH)–C–C–N with tert-alkyl or cyclic N) is 1. The van der Waals surface area contributed by atoms with Crippen molar-refractivity contribution in [2.45, 2.75) is 37.7 Å². The number of likely N-dealkylation sites (tertiary alicyclic amines) is 1. The van der Waals surface area contributed by atoms with E-state index in [-0.39, 0.29) is 5.91 Å². The van der Waals surface area contributed by atoms with E-state index in [4.69, 9.17) is 4.74 Å². The van der Waals surface area contributed by atoms with E-state index in [0.29, 0.717) is 32.5 Å². The summed E-state index contributed by atoms with van der Waals surface area (Å²) in [6.45, 7) is 4.95. The normalized spacial score (nSPS) is 26.8. The molecule has 0 bridgehead atoms. The molecule has 1 amide bonds. The van der Waals surface area contributed by atoms with Crippen LogP contribution >= 0.6 is 0 Å². The number of morpholine rings is 1. The first-order chi connectivity index (χ1) is 12.1. The summed E-state index contributed by atoms with van der Waals surface area (Å²) in [4.78, 5) is 16.8. The van der Waals surface area contributed by atoms with Gasteiger partial charge in [-0.2, -0.15) is 0 Å². The van der Waals surface area contributed by atoms with E-state index in [1.165, 1.54) is 24.0 Å². The second-order valence-corrected chi connectivity index (χ2v) is 7.81. The van der Waals surface area contributed by atoms with Crippen molar-refractivity contribution in [3.63, 3.8) is 0 Å². The monoisotopic (exact) mass is 344 g/mol. The Morgan fingerprint density at radius 2 is 1.96 bits per heavy atom. The molecular weight excluding hydrogens is 316 g/mol. The molecule has 4 rings (SSSR count). The summed E-state index contributed by atoms with van der Waals surface area (Å²) in [5, 5.41) is 10.9. The van der Waals surface area contributed by atoms with Crippen molar-refractivity contribution >= 4 is 5.91 Å². The van der Waals surface area contributed by atoms with Gasteiger partial charge in [0.2, 0.25) is 5.91 Å². The predicted molar refractivity (Wildman–Crippen MR) is 95.6 cm³/mol. The van der Waals surface area contributed by atoms with Crippen LogP contribution in [0.4, 0.5) is 0 Å². The second-order valence-electron chi connectivity index (χ2n) is 7.81. The van der Waals surface area contributed by atoms with Gasteiger partial charge in [0.25, 0.3) is 0 Å². The maximum atomic E-state index is 12.7. The molecule has 0 spiro atoms. The maximum absolute atomic E-state index is 12.7. The number of aliphatic hydroxyl groups is 1. The van der Waals surface area contributed by atoms with Gasteiger partial charge in [-0.15, -0.1) is 0 Å². The smallest absolute Gasteiger partial charge is 0.227 e. The van der Waals surface area contributed by atoms with Gasteiger partial charge < -0.3 is 14.7 Å². The van der Waals surface area contributed by atoms with E-state index in [9.17, 15) is 9.90 Å². The molecule has 1 aromatic carbocycles. The average molecular weight is 344 g/mol. The highest BCUT2D eigenvalue weighted by molar-refractivity contribution is 5.79. The zero-order valence-corrected chi connectivity index (χ0v) is 14.9. The quantitative estimate of drug-likeness (QED) is 0.886. The molecule has 5 heteroatoms. The number of nitrogens with zero attached hydrogens (tertiary/aromatic N) is 2. The number of carbonyl (C=O) groups is 1. The van der Waals surface area contributed by atoms with Crippen LogP contribution in [0.25, 0.3) is 0 Å². The number of carbonyl (C=O) groups excluding carboxylic acids is 1. The van der Waals surface area contributed by atoms with Crippen LogP contribution in [0.15, 0.2) is 18.2 Å². The fourth-order valence-electron chi connectivity index (χ4n) is 4.40. The lowest BCUT2D eigenvalue weighted by Crippen LogP contribution is -2.49. The van der Waals surface area contributed by atoms with Crippen LogP contribution in [0.2, 0.25) is 0 Å². The molecular formula is C20H28N2O3. The zero-order chi connectivity index (χ0) is 17.3. The molecule has 0 saturated carbocycles. The fraction of sp³-hybridized carbons (Fsp3) is 0.650. The number of ether oxygens (including phenoxy) is 1. The molecule has 1 aliphatic carbocycles. The minimum atomic E-state index is -0.773. The Labute approximate surface area is 149 Å². The van der Waals surface area contributed by atoms with Crippen molar-refractivity contribution in [2.24, 2.45) is 0 Å². The summed E-state index contributed by atoms with van der Waals surface area (Å²) in [5.74, 6) is 0.135. The molecule has 2 aliphatic heterocycles. The number of fused-ring (bicyclic) bond motifs is 1. The highest BCUT2D eigenvalue weighted by atomic mass is 16.5. The summed E-state index contributed by atoms with van der Waals surface area (Å²) >= 11 is 0. The topological polar surface area (TPSA) is 53.0 Å². The van der Waals surface area contributed by atoms with Gasteiger partial charge in [-0.25, -0.2) is 0 Å². The summed E-state index contributed by atoms with van der Waals surface area (Å²) in [6, 6.07) is 6.48. The lowest BCUT2D eigenvalue weighted by molar-refractivity contribution is -0.130. The molecule has 2 heterocycles. The minimum absolute atomic E-state index is 0.135. The van der Waals surface area contributed by atoms with Crippen LogP contribution in [0, 0.1) is 0 Å². The minimum Gasteiger partial charge on any atom is -0.387 e. The Morgan fingerprint density at radius 3 is 2.80 bits per heavy atom. The molecule has 3 aliphatic rings. The van der Waals surface area contributed by atoms with Crippen molar-refractivity contribution in [1.82, 2.24) is 9.80 Å². The first-order valence-corrected chi connectivity index (χ1v) is 9.52. The van der Waals surface area contributed by atoms with E-state index in [0.717, 1.165) is 38.3 Å². The van der Waals surface area contributed by atoms with Gasteiger partial charge in [-0.05, 0) is 42.4 Å². The summed E-state index contributed by atoms with van der Waals surface area (Å²) in [6.07, 6.45) is 4.65. The lowest BCUT2D eigenvalue weighted by Gasteiger charge is -2.33. The molecule has 1 aromatic rings. The van der Waals surface area contributed by atoms with Crippen LogP contribution in [-0.4, -0.2) is 72.4 Å². The first-order valence-electron chi connectivity index (χ1n) is 9.52. The number of hydrogen-bond acceptors (Lipinski definition) is 4. The van der Waals surface area contributed by atoms with Crippen molar-refractivity contribution < 1.29 is 14.6 Å². The third-order valence-corrected chi connectivity index (χ3v) is 5.82. The van der Waals surface area contributed by atoms with Crippen LogP contribution in [0.3, 0.4) is 0 Å². The Balaban J connectivity index is 1.33. The van der Waals surface area contributed by atoms with E-state index in [1.54, 1.807) is 0 Å². The SMILES string of the molecule is O=C(Cc1ccc2c(c1)CCC2)N1CC[C@](O)(CN2CCOCC2)C1. The average Bonchev–Trinajstić information content (AvgIpc) is 3.22. The van der Waals surface area contributed by atoms with Crippen LogP contribution < -0.4 is 0 Å². The van der Waals surface area contributed by atoms with E-state index in [1.807, 2.05) is 4.90 Å². The maximum Gasteiger partial charge on any atom is 0.227 e. The van der Waals surface area contributed by atoms with E-state index in [2.05, 4.69) is 23.1 Å². The van der Waals surface area contributed by atoms with Gasteiger partial charge in [0.05, 0.1) is 31.8 Å². The van der Waals surface area contributed by atoms with Gasteiger partial charge >= 0.3 is 0 Å². The largest absolute Gasteiger partial charge is 0.387 e. The summed E-state index contributed by atoms with van der Waals surface area (Å²) in [5.41, 5.74) is 3.19. The Bertz CT molecular complexity index is 642. The van der Waals surface area contributed by atoms with Gasteiger partial charge in [0.1, 0.15) is 0 Å². The molecule has 0 aromatic heterocycles. The predicted octanol–water partition coefficient (Wildman–Crippen LogP) is 1.01. The van der Waals surface area contributed by atoms with Crippen molar-refractivity contribution in [2.75, 3.05) is 45.9 Å². The Kier molecular flexibility index (Phi) is 4.80. The molecule has 1 N–H and O–H groups in total. The van der Waals surface area contributed by atoms with Gasteiger partial charge in [0, 0.05) is 26.2 Å². The number of benzene rings is 1. The standard InChI is InChI=1S/C20H28N2O3/c23-19(13-16-4-5-17-2-1-3-18(17)12-16)22-7-6-20(24,15-22)14-21-8-10-25-11-9-21/h4-5,12,24H,1-3,6-11,13-15H2/t20-/m0/s1. The van der Waals surface area contributed by atoms with Crippen LogP contribution in [0.5, 0.6) is 0 Å². The lowest BCUT2D eigenvalue weighted by atomic mass is 10.0. The fourth-order valence-corrected chi connectivity index (χ4v) is 4.40. The van der Waals surface area contributed by atoms with Crippen molar-refractivity contribution in [3.8, 4) is 0 Å². The molecule has 2 saturated heterocycles. The Hall–Kier alpha value is -1.43. The molecule has 136 valence electrons. The molecule has 5 nitrogen and oxygen atoms in total. The molecule has 25 heavy (non-hydrogen) atoms. The van der Waals surface area contributed by atoms with Gasteiger partial charge in [-0.3, -0.25) is 9.69 Å². The zero-order valence-electron chi connectivity index (χ0n) is 14.9. The van der Waals surface area contributed by atoms with Crippen LogP contribution in [0.1, 0.15) is 29.5 Å². The van der Waals surface area contributed by atoms with Gasteiger partial charge in [-0.1, -0.05) is 18.2 Å². The van der Waals surface area contributed by atoms with Crippen molar-refractivity contribution in [3.05, 3.63) is 34.9 Å². The number of rotatable bonds is 4.